The summed E-state index contributed by atoms with van der Waals surface area (Å²) < 4.78 is 19.4. The van der Waals surface area contributed by atoms with Crippen molar-refractivity contribution in [1.82, 2.24) is 4.98 Å². The second kappa shape index (κ2) is 6.74. The first-order chi connectivity index (χ1) is 10.1. The molecule has 1 N–H and O–H groups in total. The number of pyridine rings is 1. The number of aromatic nitrogens is 1. The van der Waals surface area contributed by atoms with Crippen molar-refractivity contribution in [2.75, 3.05) is 18.5 Å². The third-order valence-corrected chi connectivity index (χ3v) is 3.55. The van der Waals surface area contributed by atoms with Crippen molar-refractivity contribution >= 4 is 16.6 Å². The molecule has 3 nitrogen and oxygen atoms in total. The Morgan fingerprint density at radius 1 is 1.24 bits per heavy atom. The number of hydrogen-bond donors (Lipinski definition) is 1. The van der Waals surface area contributed by atoms with Gasteiger partial charge in [0.2, 0.25) is 0 Å². The van der Waals surface area contributed by atoms with Gasteiger partial charge >= 0.3 is 0 Å². The van der Waals surface area contributed by atoms with Crippen LogP contribution in [0, 0.1) is 12.7 Å². The summed E-state index contributed by atoms with van der Waals surface area (Å²) in [6, 6.07) is 3.22. The maximum absolute atomic E-state index is 14.0. The minimum atomic E-state index is -0.359. The van der Waals surface area contributed by atoms with Gasteiger partial charge in [-0.15, -0.1) is 0 Å². The molecule has 0 aliphatic heterocycles. The van der Waals surface area contributed by atoms with Crippen molar-refractivity contribution < 1.29 is 9.13 Å². The molecule has 0 unspecified atom stereocenters. The number of fused-ring (bicyclic) bond motifs is 1. The summed E-state index contributed by atoms with van der Waals surface area (Å²) >= 11 is 0. The average Bonchev–Trinajstić information content (AvgIpc) is 2.46. The van der Waals surface area contributed by atoms with Gasteiger partial charge in [-0.25, -0.2) is 4.39 Å². The summed E-state index contributed by atoms with van der Waals surface area (Å²) in [6.07, 6.45) is 1.92. The third-order valence-electron chi connectivity index (χ3n) is 3.55. The monoisotopic (exact) mass is 290 g/mol. The Balaban J connectivity index is 2.69. The highest BCUT2D eigenvalue weighted by Gasteiger charge is 2.14. The van der Waals surface area contributed by atoms with Gasteiger partial charge in [0.1, 0.15) is 0 Å². The van der Waals surface area contributed by atoms with E-state index in [9.17, 15) is 4.39 Å². The molecule has 21 heavy (non-hydrogen) atoms. The minimum absolute atomic E-state index is 0.289. The fourth-order valence-corrected chi connectivity index (χ4v) is 2.58. The maximum atomic E-state index is 14.0. The molecule has 114 valence electrons. The van der Waals surface area contributed by atoms with Crippen LogP contribution in [0.5, 0.6) is 5.75 Å². The highest BCUT2D eigenvalue weighted by atomic mass is 19.1. The molecule has 1 aromatic carbocycles. The van der Waals surface area contributed by atoms with E-state index in [0.29, 0.717) is 12.1 Å². The first kappa shape index (κ1) is 15.5. The Labute approximate surface area is 125 Å². The van der Waals surface area contributed by atoms with Crippen molar-refractivity contribution in [3.05, 3.63) is 29.2 Å². The van der Waals surface area contributed by atoms with E-state index in [-0.39, 0.29) is 11.6 Å². The predicted molar refractivity (Wildman–Crippen MR) is 85.8 cm³/mol. The number of nitrogens with one attached hydrogen (secondary N) is 1. The standard InChI is InChI=1S/C17H23FN2O/c1-5-8-19-17-12(6-2)11(4)20-15-10-14(18)16(21-7-3)9-13(15)17/h9-10H,5-8H2,1-4H3,(H,19,20). The molecular weight excluding hydrogens is 267 g/mol. The zero-order chi connectivity index (χ0) is 15.4. The van der Waals surface area contributed by atoms with Crippen LogP contribution in [-0.4, -0.2) is 18.1 Å². The highest BCUT2D eigenvalue weighted by molar-refractivity contribution is 5.94. The quantitative estimate of drug-likeness (QED) is 0.852. The summed E-state index contributed by atoms with van der Waals surface area (Å²) in [4.78, 5) is 4.54. The van der Waals surface area contributed by atoms with Gasteiger partial charge < -0.3 is 10.1 Å². The van der Waals surface area contributed by atoms with Crippen LogP contribution >= 0.6 is 0 Å². The van der Waals surface area contributed by atoms with E-state index >= 15 is 0 Å². The Kier molecular flexibility index (Phi) is 4.99. The Bertz CT molecular complexity index is 640. The lowest BCUT2D eigenvalue weighted by Gasteiger charge is -2.17. The van der Waals surface area contributed by atoms with Crippen LogP contribution in [0.2, 0.25) is 0 Å². The summed E-state index contributed by atoms with van der Waals surface area (Å²) in [5.41, 5.74) is 3.87. The van der Waals surface area contributed by atoms with E-state index in [1.165, 1.54) is 11.6 Å². The van der Waals surface area contributed by atoms with Gasteiger partial charge in [0.05, 0.1) is 12.1 Å². The second-order valence-corrected chi connectivity index (χ2v) is 5.06. The molecule has 0 fully saturated rings. The van der Waals surface area contributed by atoms with Crippen LogP contribution in [-0.2, 0) is 6.42 Å². The lowest BCUT2D eigenvalue weighted by Crippen LogP contribution is -2.07. The van der Waals surface area contributed by atoms with Crippen LogP contribution < -0.4 is 10.1 Å². The number of benzene rings is 1. The number of anilines is 1. The van der Waals surface area contributed by atoms with Crippen LogP contribution in [0.15, 0.2) is 12.1 Å². The molecule has 0 radical (unpaired) electrons. The second-order valence-electron chi connectivity index (χ2n) is 5.06. The Morgan fingerprint density at radius 2 is 2.00 bits per heavy atom. The van der Waals surface area contributed by atoms with E-state index < -0.39 is 0 Å². The van der Waals surface area contributed by atoms with Crippen LogP contribution in [0.1, 0.15) is 38.4 Å². The van der Waals surface area contributed by atoms with E-state index in [2.05, 4.69) is 24.1 Å². The van der Waals surface area contributed by atoms with Crippen molar-refractivity contribution in [2.45, 2.75) is 40.5 Å². The first-order valence-corrected chi connectivity index (χ1v) is 7.61. The van der Waals surface area contributed by atoms with Crippen molar-refractivity contribution in [1.29, 1.82) is 0 Å². The zero-order valence-electron chi connectivity index (χ0n) is 13.2. The molecule has 0 aliphatic rings. The van der Waals surface area contributed by atoms with Gasteiger partial charge in [-0.1, -0.05) is 13.8 Å². The average molecular weight is 290 g/mol. The van der Waals surface area contributed by atoms with Gasteiger partial charge in [-0.3, -0.25) is 4.98 Å². The van der Waals surface area contributed by atoms with Gasteiger partial charge in [0.25, 0.3) is 0 Å². The molecule has 1 heterocycles. The van der Waals surface area contributed by atoms with E-state index in [0.717, 1.165) is 36.2 Å². The van der Waals surface area contributed by atoms with Crippen LogP contribution in [0.3, 0.4) is 0 Å². The molecule has 0 aliphatic carbocycles. The SMILES string of the molecule is CCCNc1c(CC)c(C)nc2cc(F)c(OCC)cc12. The predicted octanol–water partition coefficient (Wildman–Crippen LogP) is 4.47. The Hall–Kier alpha value is -1.84. The first-order valence-electron chi connectivity index (χ1n) is 7.61. The largest absolute Gasteiger partial charge is 0.491 e. The van der Waals surface area contributed by atoms with Crippen molar-refractivity contribution in [3.63, 3.8) is 0 Å². The number of halogens is 1. The van der Waals surface area contributed by atoms with E-state index in [4.69, 9.17) is 4.74 Å². The van der Waals surface area contributed by atoms with Gasteiger partial charge in [-0.2, -0.15) is 0 Å². The fraction of sp³-hybridized carbons (Fsp3) is 0.471. The molecule has 1 aromatic heterocycles. The van der Waals surface area contributed by atoms with Crippen molar-refractivity contribution in [2.24, 2.45) is 0 Å². The molecule has 4 heteroatoms. The van der Waals surface area contributed by atoms with Crippen LogP contribution in [0.4, 0.5) is 10.1 Å². The molecular formula is C17H23FN2O. The Morgan fingerprint density at radius 3 is 2.62 bits per heavy atom. The number of hydrogen-bond acceptors (Lipinski definition) is 3. The molecule has 0 atom stereocenters. The number of nitrogens with zero attached hydrogens (tertiary/aromatic N) is 1. The molecule has 0 saturated heterocycles. The zero-order valence-corrected chi connectivity index (χ0v) is 13.2. The third kappa shape index (κ3) is 3.09. The van der Waals surface area contributed by atoms with Gasteiger partial charge in [0, 0.05) is 29.4 Å². The number of rotatable bonds is 6. The molecule has 2 rings (SSSR count). The molecule has 0 bridgehead atoms. The summed E-state index contributed by atoms with van der Waals surface area (Å²) in [5, 5.41) is 4.40. The lowest BCUT2D eigenvalue weighted by molar-refractivity contribution is 0.322. The summed E-state index contributed by atoms with van der Waals surface area (Å²) in [7, 11) is 0. The lowest BCUT2D eigenvalue weighted by atomic mass is 10.0. The molecule has 0 spiro atoms. The topological polar surface area (TPSA) is 34.2 Å². The van der Waals surface area contributed by atoms with Crippen molar-refractivity contribution in [3.8, 4) is 5.75 Å². The molecule has 2 aromatic rings. The smallest absolute Gasteiger partial charge is 0.167 e. The summed E-state index contributed by atoms with van der Waals surface area (Å²) in [5.74, 6) is -0.0702. The molecule has 0 saturated carbocycles. The highest BCUT2D eigenvalue weighted by Crippen LogP contribution is 2.33. The summed E-state index contributed by atoms with van der Waals surface area (Å²) in [6.45, 7) is 9.39. The van der Waals surface area contributed by atoms with E-state index in [1.54, 1.807) is 6.07 Å². The van der Waals surface area contributed by atoms with Gasteiger partial charge in [-0.05, 0) is 38.3 Å². The fourth-order valence-electron chi connectivity index (χ4n) is 2.58. The van der Waals surface area contributed by atoms with Gasteiger partial charge in [0.15, 0.2) is 11.6 Å². The minimum Gasteiger partial charge on any atom is -0.491 e. The number of ether oxygens (including phenoxy) is 1. The van der Waals surface area contributed by atoms with E-state index in [1.807, 2.05) is 13.8 Å². The maximum Gasteiger partial charge on any atom is 0.167 e. The number of aryl methyl sites for hydroxylation is 1. The van der Waals surface area contributed by atoms with Crippen LogP contribution in [0.25, 0.3) is 10.9 Å². The normalized spacial score (nSPS) is 10.9. The molecule has 0 amide bonds.